The third-order valence-corrected chi connectivity index (χ3v) is 5.54. The van der Waals surface area contributed by atoms with Gasteiger partial charge in [-0.05, 0) is 43.2 Å². The lowest BCUT2D eigenvalue weighted by Crippen LogP contribution is -2.34. The van der Waals surface area contributed by atoms with Crippen LogP contribution in [-0.4, -0.2) is 23.2 Å². The maximum Gasteiger partial charge on any atom is 0.416 e. The van der Waals surface area contributed by atoms with Crippen LogP contribution >= 0.6 is 11.8 Å². The van der Waals surface area contributed by atoms with Crippen LogP contribution in [0.25, 0.3) is 0 Å². The summed E-state index contributed by atoms with van der Waals surface area (Å²) in [7, 11) is 0. The molecule has 1 heterocycles. The second-order valence-electron chi connectivity index (χ2n) is 6.29. The summed E-state index contributed by atoms with van der Waals surface area (Å²) in [4.78, 5) is 14.3. The molecule has 0 aromatic heterocycles. The summed E-state index contributed by atoms with van der Waals surface area (Å²) in [5, 5.41) is 2.45. The number of amides is 2. The predicted molar refractivity (Wildman–Crippen MR) is 98.3 cm³/mol. The first-order valence-electron chi connectivity index (χ1n) is 8.19. The van der Waals surface area contributed by atoms with Crippen molar-refractivity contribution < 1.29 is 18.0 Å². The average molecular weight is 380 g/mol. The standard InChI is InChI=1S/C19H19F3N2OS/c1-12-6-7-16(13(2)10-12)23-18(25)24-8-9-26-17(24)14-4-3-5-15(11-14)19(20,21)22/h3-7,10-11,17H,8-9H2,1-2H3,(H,23,25)/t17-/m0/s1. The highest BCUT2D eigenvalue weighted by molar-refractivity contribution is 7.99. The fourth-order valence-corrected chi connectivity index (χ4v) is 4.21. The van der Waals surface area contributed by atoms with E-state index in [0.29, 0.717) is 23.5 Å². The number of nitrogens with zero attached hydrogens (tertiary/aromatic N) is 1. The highest BCUT2D eigenvalue weighted by Gasteiger charge is 2.34. The zero-order valence-electron chi connectivity index (χ0n) is 14.4. The van der Waals surface area contributed by atoms with Crippen LogP contribution in [-0.2, 0) is 6.18 Å². The monoisotopic (exact) mass is 380 g/mol. The molecule has 7 heteroatoms. The van der Waals surface area contributed by atoms with Crippen molar-refractivity contribution in [2.75, 3.05) is 17.6 Å². The molecule has 1 aliphatic heterocycles. The summed E-state index contributed by atoms with van der Waals surface area (Å²) in [6, 6.07) is 10.6. The van der Waals surface area contributed by atoms with E-state index in [1.165, 1.54) is 17.8 Å². The molecule has 0 bridgehead atoms. The van der Waals surface area contributed by atoms with Crippen LogP contribution in [0, 0.1) is 13.8 Å². The Balaban J connectivity index is 1.81. The van der Waals surface area contributed by atoms with Crippen LogP contribution in [0.15, 0.2) is 42.5 Å². The molecule has 1 aliphatic rings. The smallest absolute Gasteiger partial charge is 0.308 e. The Labute approximate surface area is 154 Å². The van der Waals surface area contributed by atoms with Crippen LogP contribution < -0.4 is 5.32 Å². The molecule has 2 aromatic carbocycles. The van der Waals surface area contributed by atoms with Gasteiger partial charge in [0.2, 0.25) is 0 Å². The van der Waals surface area contributed by atoms with E-state index < -0.39 is 17.1 Å². The van der Waals surface area contributed by atoms with E-state index in [0.717, 1.165) is 23.3 Å². The van der Waals surface area contributed by atoms with E-state index in [1.54, 1.807) is 11.0 Å². The topological polar surface area (TPSA) is 32.3 Å². The van der Waals surface area contributed by atoms with E-state index in [1.807, 2.05) is 32.0 Å². The van der Waals surface area contributed by atoms with E-state index in [4.69, 9.17) is 0 Å². The second-order valence-corrected chi connectivity index (χ2v) is 7.48. The maximum absolute atomic E-state index is 13.0. The van der Waals surface area contributed by atoms with Crippen LogP contribution in [0.2, 0.25) is 0 Å². The van der Waals surface area contributed by atoms with Crippen molar-refractivity contribution in [2.45, 2.75) is 25.4 Å². The van der Waals surface area contributed by atoms with Gasteiger partial charge in [-0.25, -0.2) is 4.79 Å². The molecule has 1 N–H and O–H groups in total. The lowest BCUT2D eigenvalue weighted by atomic mass is 10.1. The van der Waals surface area contributed by atoms with E-state index in [-0.39, 0.29) is 6.03 Å². The van der Waals surface area contributed by atoms with Crippen molar-refractivity contribution in [2.24, 2.45) is 0 Å². The first-order valence-corrected chi connectivity index (χ1v) is 9.24. The molecule has 0 radical (unpaired) electrons. The SMILES string of the molecule is Cc1ccc(NC(=O)N2CCS[C@H]2c2cccc(C(F)(F)F)c2)c(C)c1. The number of benzene rings is 2. The van der Waals surface area contributed by atoms with Gasteiger partial charge in [0.1, 0.15) is 5.37 Å². The summed E-state index contributed by atoms with van der Waals surface area (Å²) < 4.78 is 38.9. The molecule has 3 nitrogen and oxygen atoms in total. The number of alkyl halides is 3. The Morgan fingerprint density at radius 2 is 1.96 bits per heavy atom. The lowest BCUT2D eigenvalue weighted by molar-refractivity contribution is -0.137. The van der Waals surface area contributed by atoms with Crippen LogP contribution in [0.4, 0.5) is 23.7 Å². The highest BCUT2D eigenvalue weighted by atomic mass is 32.2. The first kappa shape index (κ1) is 18.6. The molecule has 138 valence electrons. The van der Waals surface area contributed by atoms with Gasteiger partial charge in [0.05, 0.1) is 5.56 Å². The van der Waals surface area contributed by atoms with Gasteiger partial charge in [-0.3, -0.25) is 0 Å². The molecule has 2 aromatic rings. The number of rotatable bonds is 2. The fraction of sp³-hybridized carbons (Fsp3) is 0.316. The summed E-state index contributed by atoms with van der Waals surface area (Å²) in [6.07, 6.45) is -4.40. The molecule has 1 atom stereocenters. The molecule has 1 fully saturated rings. The largest absolute Gasteiger partial charge is 0.416 e. The Morgan fingerprint density at radius 3 is 2.65 bits per heavy atom. The molecule has 3 rings (SSSR count). The minimum absolute atomic E-state index is 0.302. The molecule has 0 spiro atoms. The zero-order chi connectivity index (χ0) is 18.9. The van der Waals surface area contributed by atoms with E-state index in [2.05, 4.69) is 5.32 Å². The van der Waals surface area contributed by atoms with E-state index >= 15 is 0 Å². The Hall–Kier alpha value is -2.15. The van der Waals surface area contributed by atoms with Gasteiger partial charge in [-0.2, -0.15) is 13.2 Å². The fourth-order valence-electron chi connectivity index (χ4n) is 2.96. The third-order valence-electron chi connectivity index (χ3n) is 4.27. The van der Waals surface area contributed by atoms with E-state index in [9.17, 15) is 18.0 Å². The van der Waals surface area contributed by atoms with Gasteiger partial charge in [0.15, 0.2) is 0 Å². The molecule has 26 heavy (non-hydrogen) atoms. The van der Waals surface area contributed by atoms with Gasteiger partial charge in [-0.1, -0.05) is 29.8 Å². The number of thioether (sulfide) groups is 1. The number of halogens is 3. The molecular formula is C19H19F3N2OS. The van der Waals surface area contributed by atoms with Gasteiger partial charge >= 0.3 is 12.2 Å². The van der Waals surface area contributed by atoms with Crippen LogP contribution in [0.5, 0.6) is 0 Å². The van der Waals surface area contributed by atoms with Crippen LogP contribution in [0.3, 0.4) is 0 Å². The van der Waals surface area contributed by atoms with Crippen molar-refractivity contribution in [3.8, 4) is 0 Å². The Morgan fingerprint density at radius 1 is 1.19 bits per heavy atom. The Kier molecular flexibility index (Phi) is 5.18. The quantitative estimate of drug-likeness (QED) is 0.735. The number of carbonyl (C=O) groups is 1. The molecule has 0 aliphatic carbocycles. The molecule has 0 unspecified atom stereocenters. The summed E-state index contributed by atoms with van der Waals surface area (Å²) in [6.45, 7) is 4.37. The third kappa shape index (κ3) is 3.98. The van der Waals surface area contributed by atoms with Gasteiger partial charge in [-0.15, -0.1) is 11.8 Å². The van der Waals surface area contributed by atoms with Gasteiger partial charge in [0, 0.05) is 18.0 Å². The Bertz CT molecular complexity index is 823. The minimum Gasteiger partial charge on any atom is -0.308 e. The predicted octanol–water partition coefficient (Wildman–Crippen LogP) is 5.60. The number of anilines is 1. The van der Waals surface area contributed by atoms with Crippen LogP contribution in [0.1, 0.15) is 27.6 Å². The molecule has 1 saturated heterocycles. The average Bonchev–Trinajstić information content (AvgIpc) is 3.06. The molecule has 2 amide bonds. The molecular weight excluding hydrogens is 361 g/mol. The summed E-state index contributed by atoms with van der Waals surface area (Å²) in [5.74, 6) is 0.682. The number of hydrogen-bond donors (Lipinski definition) is 1. The normalized spacial score (nSPS) is 17.4. The number of urea groups is 1. The van der Waals surface area contributed by atoms with Crippen molar-refractivity contribution >= 4 is 23.5 Å². The number of nitrogens with one attached hydrogen (secondary N) is 1. The number of hydrogen-bond acceptors (Lipinski definition) is 2. The maximum atomic E-state index is 13.0. The number of aryl methyl sites for hydroxylation is 2. The minimum atomic E-state index is -4.40. The summed E-state index contributed by atoms with van der Waals surface area (Å²) >= 11 is 1.47. The van der Waals surface area contributed by atoms with Crippen molar-refractivity contribution in [3.63, 3.8) is 0 Å². The zero-order valence-corrected chi connectivity index (χ0v) is 15.2. The van der Waals surface area contributed by atoms with Gasteiger partial charge in [0.25, 0.3) is 0 Å². The number of carbonyl (C=O) groups excluding carboxylic acids is 1. The summed E-state index contributed by atoms with van der Waals surface area (Å²) in [5.41, 5.74) is 2.54. The van der Waals surface area contributed by atoms with Crippen molar-refractivity contribution in [1.29, 1.82) is 0 Å². The lowest BCUT2D eigenvalue weighted by Gasteiger charge is -2.25. The second kappa shape index (κ2) is 7.23. The van der Waals surface area contributed by atoms with Crippen molar-refractivity contribution in [1.82, 2.24) is 4.90 Å². The molecule has 0 saturated carbocycles. The van der Waals surface area contributed by atoms with Gasteiger partial charge < -0.3 is 10.2 Å². The highest BCUT2D eigenvalue weighted by Crippen LogP contribution is 2.40. The first-order chi connectivity index (χ1) is 12.3. The van der Waals surface area contributed by atoms with Crippen molar-refractivity contribution in [3.05, 3.63) is 64.7 Å².